The van der Waals surface area contributed by atoms with Crippen LogP contribution in [0.1, 0.15) is 33.9 Å². The number of nitrogens with zero attached hydrogens (tertiary/aromatic N) is 2. The van der Waals surface area contributed by atoms with Gasteiger partial charge in [0.2, 0.25) is 0 Å². The summed E-state index contributed by atoms with van der Waals surface area (Å²) < 4.78 is 1.90. The van der Waals surface area contributed by atoms with E-state index in [0.717, 1.165) is 29.2 Å². The van der Waals surface area contributed by atoms with E-state index in [2.05, 4.69) is 18.1 Å². The SMILES string of the molecule is CCn1cc(CC(O)c2cc3c(s2)CCSC3)cn1. The van der Waals surface area contributed by atoms with Crippen LogP contribution in [0.2, 0.25) is 0 Å². The quantitative estimate of drug-likeness (QED) is 0.942. The highest BCUT2D eigenvalue weighted by atomic mass is 32.2. The van der Waals surface area contributed by atoms with Crippen molar-refractivity contribution in [3.8, 4) is 0 Å². The van der Waals surface area contributed by atoms with Gasteiger partial charge in [0.15, 0.2) is 0 Å². The maximum absolute atomic E-state index is 10.4. The minimum absolute atomic E-state index is 0.393. The second-order valence-corrected chi connectivity index (χ2v) is 7.10. The van der Waals surface area contributed by atoms with E-state index < -0.39 is 6.10 Å². The number of thiophene rings is 1. The minimum atomic E-state index is -0.393. The van der Waals surface area contributed by atoms with Gasteiger partial charge < -0.3 is 5.11 Å². The van der Waals surface area contributed by atoms with Crippen LogP contribution in [0.4, 0.5) is 0 Å². The highest BCUT2D eigenvalue weighted by Crippen LogP contribution is 2.35. The van der Waals surface area contributed by atoms with Crippen molar-refractivity contribution < 1.29 is 5.11 Å². The summed E-state index contributed by atoms with van der Waals surface area (Å²) in [5.41, 5.74) is 2.54. The molecule has 1 aliphatic rings. The molecular weight excluding hydrogens is 276 g/mol. The molecule has 102 valence electrons. The maximum Gasteiger partial charge on any atom is 0.0923 e. The van der Waals surface area contributed by atoms with Crippen LogP contribution < -0.4 is 0 Å². The Morgan fingerprint density at radius 3 is 3.16 bits per heavy atom. The van der Waals surface area contributed by atoms with Gasteiger partial charge in [-0.25, -0.2) is 0 Å². The van der Waals surface area contributed by atoms with Crippen LogP contribution in [0.3, 0.4) is 0 Å². The van der Waals surface area contributed by atoms with Crippen molar-refractivity contribution in [2.45, 2.75) is 38.2 Å². The highest BCUT2D eigenvalue weighted by Gasteiger charge is 2.18. The third-order valence-corrected chi connectivity index (χ3v) is 5.76. The molecule has 2 aromatic rings. The molecule has 3 heterocycles. The lowest BCUT2D eigenvalue weighted by molar-refractivity contribution is 0.182. The molecule has 19 heavy (non-hydrogen) atoms. The number of hydrogen-bond donors (Lipinski definition) is 1. The molecule has 0 saturated heterocycles. The molecule has 2 aromatic heterocycles. The van der Waals surface area contributed by atoms with Crippen LogP contribution in [0.5, 0.6) is 0 Å². The average Bonchev–Trinajstić information content (AvgIpc) is 3.04. The van der Waals surface area contributed by atoms with Crippen molar-refractivity contribution in [1.29, 1.82) is 0 Å². The van der Waals surface area contributed by atoms with E-state index in [9.17, 15) is 5.11 Å². The Balaban J connectivity index is 1.72. The van der Waals surface area contributed by atoms with Gasteiger partial charge in [-0.2, -0.15) is 16.9 Å². The van der Waals surface area contributed by atoms with Gasteiger partial charge in [0.1, 0.15) is 0 Å². The molecule has 5 heteroatoms. The summed E-state index contributed by atoms with van der Waals surface area (Å²) in [6, 6.07) is 2.20. The zero-order valence-electron chi connectivity index (χ0n) is 11.0. The van der Waals surface area contributed by atoms with E-state index in [1.54, 1.807) is 11.3 Å². The Morgan fingerprint density at radius 2 is 2.42 bits per heavy atom. The van der Waals surface area contributed by atoms with Crippen LogP contribution in [0.25, 0.3) is 0 Å². The van der Waals surface area contributed by atoms with Crippen molar-refractivity contribution >= 4 is 23.1 Å². The highest BCUT2D eigenvalue weighted by molar-refractivity contribution is 7.98. The molecule has 0 saturated carbocycles. The van der Waals surface area contributed by atoms with Gasteiger partial charge in [-0.05, 0) is 36.3 Å². The molecular formula is C14H18N2OS2. The van der Waals surface area contributed by atoms with Crippen LogP contribution in [-0.4, -0.2) is 20.6 Å². The minimum Gasteiger partial charge on any atom is -0.387 e. The van der Waals surface area contributed by atoms with Crippen molar-refractivity contribution in [1.82, 2.24) is 9.78 Å². The van der Waals surface area contributed by atoms with E-state index in [-0.39, 0.29) is 0 Å². The van der Waals surface area contributed by atoms with Gasteiger partial charge in [0.25, 0.3) is 0 Å². The number of aromatic nitrogens is 2. The summed E-state index contributed by atoms with van der Waals surface area (Å²) in [4.78, 5) is 2.58. The van der Waals surface area contributed by atoms with E-state index in [4.69, 9.17) is 0 Å². The fraction of sp³-hybridized carbons (Fsp3) is 0.500. The number of aryl methyl sites for hydroxylation is 2. The Labute approximate surface area is 121 Å². The Hall–Kier alpha value is -0.780. The smallest absolute Gasteiger partial charge is 0.0923 e. The number of hydrogen-bond acceptors (Lipinski definition) is 4. The average molecular weight is 294 g/mol. The molecule has 1 aliphatic heterocycles. The van der Waals surface area contributed by atoms with Crippen molar-refractivity contribution in [2.24, 2.45) is 0 Å². The normalized spacial score (nSPS) is 16.3. The predicted octanol–water partition coefficient (Wildman–Crippen LogP) is 3.03. The summed E-state index contributed by atoms with van der Waals surface area (Å²) in [5.74, 6) is 2.32. The van der Waals surface area contributed by atoms with Gasteiger partial charge in [-0.1, -0.05) is 0 Å². The molecule has 0 aromatic carbocycles. The van der Waals surface area contributed by atoms with E-state index in [1.165, 1.54) is 16.2 Å². The van der Waals surface area contributed by atoms with Crippen LogP contribution >= 0.6 is 23.1 Å². The third-order valence-electron chi connectivity index (χ3n) is 3.41. The first-order valence-corrected chi connectivity index (χ1v) is 8.62. The fourth-order valence-electron chi connectivity index (χ4n) is 2.34. The van der Waals surface area contributed by atoms with Crippen LogP contribution in [0, 0.1) is 0 Å². The van der Waals surface area contributed by atoms with Gasteiger partial charge in [0, 0.05) is 34.7 Å². The lowest BCUT2D eigenvalue weighted by Crippen LogP contribution is -1.99. The lowest BCUT2D eigenvalue weighted by atomic mass is 10.1. The molecule has 1 N–H and O–H groups in total. The molecule has 0 bridgehead atoms. The Bertz CT molecular complexity index is 538. The first kappa shape index (κ1) is 13.2. The van der Waals surface area contributed by atoms with E-state index >= 15 is 0 Å². The summed E-state index contributed by atoms with van der Waals surface area (Å²) >= 11 is 3.77. The molecule has 1 unspecified atom stereocenters. The molecule has 0 aliphatic carbocycles. The van der Waals surface area contributed by atoms with Crippen LogP contribution in [0.15, 0.2) is 18.5 Å². The summed E-state index contributed by atoms with van der Waals surface area (Å²) in [5, 5.41) is 14.6. The number of aliphatic hydroxyl groups is 1. The molecule has 0 amide bonds. The second-order valence-electron chi connectivity index (χ2n) is 4.82. The Kier molecular flexibility index (Phi) is 3.96. The fourth-order valence-corrected chi connectivity index (χ4v) is 4.71. The van der Waals surface area contributed by atoms with Crippen LogP contribution in [-0.2, 0) is 25.1 Å². The van der Waals surface area contributed by atoms with Gasteiger partial charge in [0.05, 0.1) is 12.3 Å². The van der Waals surface area contributed by atoms with Gasteiger partial charge in [-0.15, -0.1) is 11.3 Å². The zero-order chi connectivity index (χ0) is 13.2. The van der Waals surface area contributed by atoms with E-state index in [1.807, 2.05) is 28.8 Å². The summed E-state index contributed by atoms with van der Waals surface area (Å²) in [6.07, 6.45) is 5.30. The second kappa shape index (κ2) is 5.69. The standard InChI is InChI=1S/C14H18N2OS2/c1-2-16-8-10(7-15-16)5-12(17)14-6-11-9-18-4-3-13(11)19-14/h6-8,12,17H,2-5,9H2,1H3. The zero-order valence-corrected chi connectivity index (χ0v) is 12.6. The molecule has 3 rings (SSSR count). The van der Waals surface area contributed by atoms with Gasteiger partial charge >= 0.3 is 0 Å². The number of thioether (sulfide) groups is 1. The maximum atomic E-state index is 10.4. The predicted molar refractivity (Wildman–Crippen MR) is 80.7 cm³/mol. The molecule has 1 atom stereocenters. The van der Waals surface area contributed by atoms with Gasteiger partial charge in [-0.3, -0.25) is 4.68 Å². The Morgan fingerprint density at radius 1 is 1.53 bits per heavy atom. The molecule has 0 fully saturated rings. The third kappa shape index (κ3) is 2.88. The number of aliphatic hydroxyl groups excluding tert-OH is 1. The van der Waals surface area contributed by atoms with E-state index in [0.29, 0.717) is 6.42 Å². The van der Waals surface area contributed by atoms with Crippen molar-refractivity contribution in [2.75, 3.05) is 5.75 Å². The first-order chi connectivity index (χ1) is 9.26. The first-order valence-electron chi connectivity index (χ1n) is 6.65. The lowest BCUT2D eigenvalue weighted by Gasteiger charge is -2.08. The van der Waals surface area contributed by atoms with Crippen molar-refractivity contribution in [3.05, 3.63) is 39.3 Å². The molecule has 0 spiro atoms. The molecule has 3 nitrogen and oxygen atoms in total. The largest absolute Gasteiger partial charge is 0.387 e. The summed E-state index contributed by atoms with van der Waals surface area (Å²) in [6.45, 7) is 2.94. The number of fused-ring (bicyclic) bond motifs is 1. The summed E-state index contributed by atoms with van der Waals surface area (Å²) in [7, 11) is 0. The number of rotatable bonds is 4. The molecule has 0 radical (unpaired) electrons. The van der Waals surface area contributed by atoms with Crippen molar-refractivity contribution in [3.63, 3.8) is 0 Å². The monoisotopic (exact) mass is 294 g/mol. The topological polar surface area (TPSA) is 38.0 Å².